The Labute approximate surface area is 139 Å². The van der Waals surface area contributed by atoms with Crippen molar-refractivity contribution in [3.63, 3.8) is 0 Å². The van der Waals surface area contributed by atoms with E-state index in [4.69, 9.17) is 16.3 Å². The van der Waals surface area contributed by atoms with E-state index in [2.05, 4.69) is 10.1 Å². The van der Waals surface area contributed by atoms with E-state index in [-0.39, 0.29) is 12.3 Å². The van der Waals surface area contributed by atoms with E-state index in [9.17, 15) is 9.59 Å². The van der Waals surface area contributed by atoms with Gasteiger partial charge in [-0.1, -0.05) is 23.7 Å². The predicted molar refractivity (Wildman–Crippen MR) is 88.1 cm³/mol. The minimum atomic E-state index is -0.493. The first-order chi connectivity index (χ1) is 11.0. The monoisotopic (exact) mass is 333 g/mol. The van der Waals surface area contributed by atoms with Crippen LogP contribution >= 0.6 is 11.6 Å². The highest BCUT2D eigenvalue weighted by Gasteiger charge is 2.11. The Morgan fingerprint density at radius 1 is 1.09 bits per heavy atom. The van der Waals surface area contributed by atoms with Crippen molar-refractivity contribution in [2.45, 2.75) is 6.42 Å². The summed E-state index contributed by atoms with van der Waals surface area (Å²) in [6.07, 6.45) is 0.183. The molecule has 0 heterocycles. The number of amides is 1. The second kappa shape index (κ2) is 7.65. The van der Waals surface area contributed by atoms with Gasteiger partial charge < -0.3 is 14.8 Å². The summed E-state index contributed by atoms with van der Waals surface area (Å²) in [5.74, 6) is -0.00520. The van der Waals surface area contributed by atoms with Gasteiger partial charge in [-0.15, -0.1) is 0 Å². The van der Waals surface area contributed by atoms with Crippen molar-refractivity contribution in [2.24, 2.45) is 0 Å². The standard InChI is InChI=1S/C17H16ClNO4/c1-22-13-6-3-11(4-7-13)9-16(20)19-15-10-12(17(21)23-2)5-8-14(15)18/h3-8,10H,9H2,1-2H3,(H,19,20). The number of methoxy groups -OCH3 is 2. The van der Waals surface area contributed by atoms with Gasteiger partial charge in [-0.2, -0.15) is 0 Å². The number of carbonyl (C=O) groups is 2. The second-order valence-corrected chi connectivity index (χ2v) is 5.17. The fourth-order valence-corrected chi connectivity index (χ4v) is 2.15. The predicted octanol–water partition coefficient (Wildman–Crippen LogP) is 3.32. The summed E-state index contributed by atoms with van der Waals surface area (Å²) in [7, 11) is 2.87. The summed E-state index contributed by atoms with van der Waals surface area (Å²) in [6, 6.07) is 11.8. The smallest absolute Gasteiger partial charge is 0.337 e. The Morgan fingerprint density at radius 2 is 1.78 bits per heavy atom. The van der Waals surface area contributed by atoms with E-state index in [1.165, 1.54) is 25.3 Å². The summed E-state index contributed by atoms with van der Waals surface area (Å²) >= 11 is 6.05. The molecule has 0 bridgehead atoms. The summed E-state index contributed by atoms with van der Waals surface area (Å²) in [4.78, 5) is 23.6. The number of benzene rings is 2. The van der Waals surface area contributed by atoms with Crippen molar-refractivity contribution >= 4 is 29.2 Å². The molecular formula is C17H16ClNO4. The highest BCUT2D eigenvalue weighted by atomic mass is 35.5. The minimum Gasteiger partial charge on any atom is -0.497 e. The van der Waals surface area contributed by atoms with E-state index in [0.29, 0.717) is 16.3 Å². The zero-order valence-corrected chi connectivity index (χ0v) is 13.5. The molecule has 6 heteroatoms. The fourth-order valence-electron chi connectivity index (χ4n) is 1.99. The van der Waals surface area contributed by atoms with Crippen LogP contribution in [0.4, 0.5) is 5.69 Å². The number of ether oxygens (including phenoxy) is 2. The molecule has 0 aliphatic rings. The number of hydrogen-bond acceptors (Lipinski definition) is 4. The van der Waals surface area contributed by atoms with Gasteiger partial charge in [0.05, 0.1) is 36.9 Å². The molecule has 1 N–H and O–H groups in total. The van der Waals surface area contributed by atoms with Crippen molar-refractivity contribution in [2.75, 3.05) is 19.5 Å². The van der Waals surface area contributed by atoms with Crippen LogP contribution < -0.4 is 10.1 Å². The molecule has 0 saturated carbocycles. The van der Waals surface area contributed by atoms with Gasteiger partial charge in [0.25, 0.3) is 0 Å². The Bertz CT molecular complexity index is 713. The molecule has 0 unspecified atom stereocenters. The van der Waals surface area contributed by atoms with Crippen LogP contribution in [0.15, 0.2) is 42.5 Å². The molecule has 23 heavy (non-hydrogen) atoms. The number of esters is 1. The second-order valence-electron chi connectivity index (χ2n) is 4.76. The van der Waals surface area contributed by atoms with E-state index in [0.717, 1.165) is 11.3 Å². The highest BCUT2D eigenvalue weighted by Crippen LogP contribution is 2.24. The Morgan fingerprint density at radius 3 is 2.39 bits per heavy atom. The maximum Gasteiger partial charge on any atom is 0.337 e. The van der Waals surface area contributed by atoms with Gasteiger partial charge in [0, 0.05) is 0 Å². The molecule has 120 valence electrons. The molecule has 2 rings (SSSR count). The summed E-state index contributed by atoms with van der Waals surface area (Å²) in [6.45, 7) is 0. The molecule has 1 amide bonds. The van der Waals surface area contributed by atoms with E-state index in [1.54, 1.807) is 19.2 Å². The van der Waals surface area contributed by atoms with Gasteiger partial charge >= 0.3 is 5.97 Å². The van der Waals surface area contributed by atoms with Crippen molar-refractivity contribution in [1.82, 2.24) is 0 Å². The van der Waals surface area contributed by atoms with Gasteiger partial charge in [0.15, 0.2) is 0 Å². The van der Waals surface area contributed by atoms with Crippen LogP contribution in [-0.2, 0) is 16.0 Å². The number of rotatable bonds is 5. The van der Waals surface area contributed by atoms with Crippen LogP contribution in [0.3, 0.4) is 0 Å². The lowest BCUT2D eigenvalue weighted by molar-refractivity contribution is -0.115. The molecule has 0 aliphatic heterocycles. The van der Waals surface area contributed by atoms with E-state index >= 15 is 0 Å². The fraction of sp³-hybridized carbons (Fsp3) is 0.176. The largest absolute Gasteiger partial charge is 0.497 e. The molecule has 0 aromatic heterocycles. The lowest BCUT2D eigenvalue weighted by atomic mass is 10.1. The third-order valence-electron chi connectivity index (χ3n) is 3.19. The number of anilines is 1. The molecule has 5 nitrogen and oxygen atoms in total. The maximum absolute atomic E-state index is 12.1. The zero-order chi connectivity index (χ0) is 16.8. The first-order valence-electron chi connectivity index (χ1n) is 6.84. The van der Waals surface area contributed by atoms with Crippen LogP contribution in [0.25, 0.3) is 0 Å². The molecular weight excluding hydrogens is 318 g/mol. The van der Waals surface area contributed by atoms with Gasteiger partial charge in [0.1, 0.15) is 5.75 Å². The summed E-state index contributed by atoms with van der Waals surface area (Å²) < 4.78 is 9.72. The van der Waals surface area contributed by atoms with Gasteiger partial charge in [-0.05, 0) is 35.9 Å². The van der Waals surface area contributed by atoms with Gasteiger partial charge in [-0.3, -0.25) is 4.79 Å². The van der Waals surface area contributed by atoms with Gasteiger partial charge in [-0.25, -0.2) is 4.79 Å². The third-order valence-corrected chi connectivity index (χ3v) is 3.51. The quantitative estimate of drug-likeness (QED) is 0.852. The van der Waals surface area contributed by atoms with Crippen molar-refractivity contribution in [1.29, 1.82) is 0 Å². The number of halogens is 1. The molecule has 0 spiro atoms. The zero-order valence-electron chi connectivity index (χ0n) is 12.8. The Kier molecular flexibility index (Phi) is 5.60. The summed E-state index contributed by atoms with van der Waals surface area (Å²) in [5, 5.41) is 3.04. The lowest BCUT2D eigenvalue weighted by Crippen LogP contribution is -2.15. The molecule has 2 aromatic carbocycles. The van der Waals surface area contributed by atoms with Crippen molar-refractivity contribution < 1.29 is 19.1 Å². The maximum atomic E-state index is 12.1. The first kappa shape index (κ1) is 16.8. The lowest BCUT2D eigenvalue weighted by Gasteiger charge is -2.09. The normalized spacial score (nSPS) is 10.0. The average molecular weight is 334 g/mol. The van der Waals surface area contributed by atoms with Crippen molar-refractivity contribution in [3.8, 4) is 5.75 Å². The number of carbonyl (C=O) groups excluding carboxylic acids is 2. The molecule has 2 aromatic rings. The summed E-state index contributed by atoms with van der Waals surface area (Å²) in [5.41, 5.74) is 1.52. The van der Waals surface area contributed by atoms with Crippen LogP contribution in [0.5, 0.6) is 5.75 Å². The Hall–Kier alpha value is -2.53. The molecule has 0 radical (unpaired) electrons. The van der Waals surface area contributed by atoms with Crippen LogP contribution in [0.1, 0.15) is 15.9 Å². The number of nitrogens with one attached hydrogen (secondary N) is 1. The third kappa shape index (κ3) is 4.47. The van der Waals surface area contributed by atoms with Gasteiger partial charge in [0.2, 0.25) is 5.91 Å². The van der Waals surface area contributed by atoms with Crippen molar-refractivity contribution in [3.05, 3.63) is 58.6 Å². The van der Waals surface area contributed by atoms with Crippen LogP contribution in [-0.4, -0.2) is 26.1 Å². The SMILES string of the molecule is COC(=O)c1ccc(Cl)c(NC(=O)Cc2ccc(OC)cc2)c1. The van der Waals surface area contributed by atoms with Crippen LogP contribution in [0.2, 0.25) is 5.02 Å². The Balaban J connectivity index is 2.08. The van der Waals surface area contributed by atoms with E-state index in [1.807, 2.05) is 12.1 Å². The number of hydrogen-bond donors (Lipinski definition) is 1. The topological polar surface area (TPSA) is 64.6 Å². The molecule has 0 atom stereocenters. The van der Waals surface area contributed by atoms with E-state index < -0.39 is 5.97 Å². The highest BCUT2D eigenvalue weighted by molar-refractivity contribution is 6.33. The molecule has 0 fully saturated rings. The molecule has 0 saturated heterocycles. The first-order valence-corrected chi connectivity index (χ1v) is 7.22. The average Bonchev–Trinajstić information content (AvgIpc) is 2.56. The van der Waals surface area contributed by atoms with Crippen LogP contribution in [0, 0.1) is 0 Å². The molecule has 0 aliphatic carbocycles. The minimum absolute atomic E-state index is 0.183.